The molecule has 0 fully saturated rings. The van der Waals surface area contributed by atoms with Gasteiger partial charge in [0.2, 0.25) is 10.0 Å². The molecule has 0 unspecified atom stereocenters. The van der Waals surface area contributed by atoms with Crippen LogP contribution in [-0.4, -0.2) is 20.7 Å². The smallest absolute Gasteiger partial charge is 0.212 e. The number of hydrogen-bond donors (Lipinski definition) is 2. The lowest BCUT2D eigenvalue weighted by Gasteiger charge is -2.18. The summed E-state index contributed by atoms with van der Waals surface area (Å²) in [6.07, 6.45) is 0. The van der Waals surface area contributed by atoms with E-state index in [0.717, 1.165) is 9.75 Å². The fourth-order valence-corrected chi connectivity index (χ4v) is 4.01. The highest BCUT2D eigenvalue weighted by Crippen LogP contribution is 2.18. The average Bonchev–Trinajstić information content (AvgIpc) is 2.68. The summed E-state index contributed by atoms with van der Waals surface area (Å²) < 4.78 is 26.3. The summed E-state index contributed by atoms with van der Waals surface area (Å²) in [5.41, 5.74) is 5.05. The number of sulfonamides is 1. The second-order valence-corrected chi connectivity index (χ2v) is 8.39. The molecule has 1 rings (SSSR count). The van der Waals surface area contributed by atoms with E-state index in [4.69, 9.17) is 5.73 Å². The Morgan fingerprint density at radius 3 is 2.63 bits per heavy atom. The highest BCUT2D eigenvalue weighted by Gasteiger charge is 2.21. The Hall–Kier alpha value is -0.870. The lowest BCUT2D eigenvalue weighted by Crippen LogP contribution is -2.31. The van der Waals surface area contributed by atoms with Crippen molar-refractivity contribution in [3.63, 3.8) is 0 Å². The molecule has 19 heavy (non-hydrogen) atoms. The predicted octanol–water partition coefficient (Wildman–Crippen LogP) is 1.52. The molecular weight excluding hydrogens is 280 g/mol. The molecule has 0 aliphatic heterocycles. The third-order valence-electron chi connectivity index (χ3n) is 2.06. The van der Waals surface area contributed by atoms with Crippen molar-refractivity contribution in [2.45, 2.75) is 27.3 Å². The Morgan fingerprint density at radius 2 is 2.05 bits per heavy atom. The minimum atomic E-state index is -3.24. The van der Waals surface area contributed by atoms with E-state index in [-0.39, 0.29) is 11.2 Å². The second-order valence-electron chi connectivity index (χ2n) is 5.41. The fraction of sp³-hybridized carbons (Fsp3) is 0.538. The van der Waals surface area contributed by atoms with Gasteiger partial charge in [-0.05, 0) is 17.5 Å². The largest absolute Gasteiger partial charge is 0.320 e. The molecule has 3 N–H and O–H groups in total. The fourth-order valence-electron chi connectivity index (χ4n) is 1.48. The van der Waals surface area contributed by atoms with Gasteiger partial charge in [0.05, 0.1) is 17.2 Å². The summed E-state index contributed by atoms with van der Waals surface area (Å²) in [5, 5.41) is 0. The minimum absolute atomic E-state index is 0.116. The molecule has 4 nitrogen and oxygen atoms in total. The first-order valence-corrected chi connectivity index (χ1v) is 8.44. The van der Waals surface area contributed by atoms with Crippen molar-refractivity contribution in [2.75, 3.05) is 12.3 Å². The maximum absolute atomic E-state index is 11.8. The molecule has 1 aromatic heterocycles. The molecule has 1 aromatic rings. The molecule has 0 bridgehead atoms. The van der Waals surface area contributed by atoms with E-state index in [0.29, 0.717) is 13.1 Å². The molecule has 106 valence electrons. The van der Waals surface area contributed by atoms with Crippen LogP contribution in [0.5, 0.6) is 0 Å². The van der Waals surface area contributed by atoms with Crippen LogP contribution < -0.4 is 10.5 Å². The van der Waals surface area contributed by atoms with Crippen LogP contribution in [0.25, 0.3) is 0 Å². The number of rotatable bonds is 4. The van der Waals surface area contributed by atoms with Gasteiger partial charge in [-0.3, -0.25) is 0 Å². The maximum Gasteiger partial charge on any atom is 0.212 e. The minimum Gasteiger partial charge on any atom is -0.320 e. The van der Waals surface area contributed by atoms with Gasteiger partial charge in [-0.1, -0.05) is 32.6 Å². The molecule has 0 aromatic carbocycles. The maximum atomic E-state index is 11.8. The standard InChI is InChI=1S/C13H20N2O2S2/c1-13(2,3)10-19(16,17)15-9-12-7-6-11(18-12)5-4-8-14/h6-7,15H,8-10,14H2,1-3H3. The Balaban J connectivity index is 2.60. The van der Waals surface area contributed by atoms with E-state index in [1.54, 1.807) is 0 Å². The highest BCUT2D eigenvalue weighted by atomic mass is 32.2. The van der Waals surface area contributed by atoms with Gasteiger partial charge >= 0.3 is 0 Å². The van der Waals surface area contributed by atoms with Gasteiger partial charge in [-0.15, -0.1) is 11.3 Å². The SMILES string of the molecule is CC(C)(C)CS(=O)(=O)NCc1ccc(C#CCN)s1. The molecule has 1 heterocycles. The van der Waals surface area contributed by atoms with Crippen molar-refractivity contribution in [1.82, 2.24) is 4.72 Å². The molecule has 0 saturated heterocycles. The number of hydrogen-bond acceptors (Lipinski definition) is 4. The van der Waals surface area contributed by atoms with Gasteiger partial charge in [0.25, 0.3) is 0 Å². The van der Waals surface area contributed by atoms with E-state index in [1.165, 1.54) is 11.3 Å². The lowest BCUT2D eigenvalue weighted by molar-refractivity contribution is 0.458. The molecular formula is C13H20N2O2S2. The Morgan fingerprint density at radius 1 is 1.37 bits per heavy atom. The Labute approximate surface area is 119 Å². The van der Waals surface area contributed by atoms with Gasteiger partial charge in [-0.2, -0.15) is 0 Å². The highest BCUT2D eigenvalue weighted by molar-refractivity contribution is 7.89. The quantitative estimate of drug-likeness (QED) is 0.828. The number of thiophene rings is 1. The van der Waals surface area contributed by atoms with Crippen LogP contribution in [0, 0.1) is 17.3 Å². The first-order chi connectivity index (χ1) is 8.72. The van der Waals surface area contributed by atoms with E-state index >= 15 is 0 Å². The molecule has 6 heteroatoms. The second kappa shape index (κ2) is 6.53. The van der Waals surface area contributed by atoms with Crippen molar-refractivity contribution in [1.29, 1.82) is 0 Å². The zero-order valence-corrected chi connectivity index (χ0v) is 13.1. The third-order valence-corrected chi connectivity index (χ3v) is 4.90. The summed E-state index contributed by atoms with van der Waals surface area (Å²) >= 11 is 1.48. The molecule has 0 aliphatic carbocycles. The van der Waals surface area contributed by atoms with Crippen LogP contribution in [0.2, 0.25) is 0 Å². The first-order valence-electron chi connectivity index (χ1n) is 5.97. The van der Waals surface area contributed by atoms with E-state index in [9.17, 15) is 8.42 Å². The van der Waals surface area contributed by atoms with Crippen LogP contribution in [0.15, 0.2) is 12.1 Å². The zero-order chi connectivity index (χ0) is 14.5. The number of nitrogens with two attached hydrogens (primary N) is 1. The monoisotopic (exact) mass is 300 g/mol. The van der Waals surface area contributed by atoms with Crippen LogP contribution in [0.3, 0.4) is 0 Å². The van der Waals surface area contributed by atoms with Crippen LogP contribution in [0.1, 0.15) is 30.5 Å². The van der Waals surface area contributed by atoms with Gasteiger partial charge in [0.1, 0.15) is 0 Å². The van der Waals surface area contributed by atoms with Crippen molar-refractivity contribution < 1.29 is 8.42 Å². The van der Waals surface area contributed by atoms with Crippen molar-refractivity contribution in [3.8, 4) is 11.8 Å². The lowest BCUT2D eigenvalue weighted by atomic mass is 10.0. The summed E-state index contributed by atoms with van der Waals surface area (Å²) in [4.78, 5) is 1.84. The van der Waals surface area contributed by atoms with Crippen LogP contribution in [0.4, 0.5) is 0 Å². The predicted molar refractivity (Wildman–Crippen MR) is 80.3 cm³/mol. The van der Waals surface area contributed by atoms with Crippen LogP contribution in [-0.2, 0) is 16.6 Å². The van der Waals surface area contributed by atoms with E-state index in [2.05, 4.69) is 16.6 Å². The summed E-state index contributed by atoms with van der Waals surface area (Å²) in [6, 6.07) is 3.76. The van der Waals surface area contributed by atoms with Crippen molar-refractivity contribution in [3.05, 3.63) is 21.9 Å². The Kier molecular flexibility index (Phi) is 5.56. The van der Waals surface area contributed by atoms with Gasteiger partial charge in [-0.25, -0.2) is 13.1 Å². The number of nitrogens with one attached hydrogen (secondary N) is 1. The van der Waals surface area contributed by atoms with Gasteiger partial charge in [0, 0.05) is 11.4 Å². The van der Waals surface area contributed by atoms with E-state index < -0.39 is 10.0 Å². The zero-order valence-electron chi connectivity index (χ0n) is 11.5. The topological polar surface area (TPSA) is 72.2 Å². The summed E-state index contributed by atoms with van der Waals surface area (Å²) in [5.74, 6) is 5.81. The average molecular weight is 300 g/mol. The van der Waals surface area contributed by atoms with Crippen molar-refractivity contribution >= 4 is 21.4 Å². The van der Waals surface area contributed by atoms with Crippen molar-refractivity contribution in [2.24, 2.45) is 11.1 Å². The van der Waals surface area contributed by atoms with Gasteiger partial charge < -0.3 is 5.73 Å². The molecule has 0 spiro atoms. The molecule has 0 aliphatic rings. The molecule has 0 saturated carbocycles. The van der Waals surface area contributed by atoms with E-state index in [1.807, 2.05) is 32.9 Å². The molecule has 0 atom stereocenters. The third kappa shape index (κ3) is 6.73. The molecule has 0 amide bonds. The first kappa shape index (κ1) is 16.2. The summed E-state index contributed by atoms with van der Waals surface area (Å²) in [6.45, 7) is 6.34. The summed E-state index contributed by atoms with van der Waals surface area (Å²) in [7, 11) is -3.24. The molecule has 0 radical (unpaired) electrons. The normalized spacial score (nSPS) is 12.0. The van der Waals surface area contributed by atoms with Crippen LogP contribution >= 0.6 is 11.3 Å². The Bertz CT molecular complexity index is 572. The van der Waals surface area contributed by atoms with Gasteiger partial charge in [0.15, 0.2) is 0 Å².